The molecule has 0 aromatic heterocycles. The molecule has 0 heterocycles. The van der Waals surface area contributed by atoms with E-state index in [1.807, 2.05) is 0 Å². The molecule has 0 amide bonds. The number of carbonyl (C=O) groups is 1. The van der Waals surface area contributed by atoms with E-state index < -0.39 is 17.8 Å². The third kappa shape index (κ3) is 2.61. The summed E-state index contributed by atoms with van der Waals surface area (Å²) in [4.78, 5) is 12.3. The van der Waals surface area contributed by atoms with Gasteiger partial charge in [-0.05, 0) is 25.7 Å². The van der Waals surface area contributed by atoms with Gasteiger partial charge in [0, 0.05) is 0 Å². The molecule has 0 fully saturated rings. The molecule has 0 aliphatic heterocycles. The largest absolute Gasteiger partial charge is 0.416 e. The highest BCUT2D eigenvalue weighted by atomic mass is 19.4. The van der Waals surface area contributed by atoms with Gasteiger partial charge in [0.25, 0.3) is 0 Å². The van der Waals surface area contributed by atoms with Crippen LogP contribution in [0.3, 0.4) is 0 Å². The molecule has 0 aliphatic carbocycles. The highest BCUT2D eigenvalue weighted by Crippen LogP contribution is 2.34. The van der Waals surface area contributed by atoms with Crippen LogP contribution in [0.5, 0.6) is 0 Å². The third-order valence-corrected chi connectivity index (χ3v) is 2.27. The normalized spacial score (nSPS) is 13.9. The Morgan fingerprint density at radius 3 is 2.25 bits per heavy atom. The maximum absolute atomic E-state index is 12.7. The molecule has 2 nitrogen and oxygen atoms in total. The predicted molar refractivity (Wildman–Crippen MR) is 53.9 cm³/mol. The second kappa shape index (κ2) is 4.65. The average molecular weight is 231 g/mol. The zero-order valence-corrected chi connectivity index (χ0v) is 8.95. The van der Waals surface area contributed by atoms with E-state index in [1.165, 1.54) is 23.1 Å². The van der Waals surface area contributed by atoms with Gasteiger partial charge in [0.2, 0.25) is 0 Å². The smallest absolute Gasteiger partial charge is 0.301 e. The maximum atomic E-state index is 12.7. The summed E-state index contributed by atoms with van der Waals surface area (Å²) in [5.41, 5.74) is -0.782. The number of hydrogen-bond donors (Lipinski definition) is 0. The molecule has 5 heteroatoms. The van der Waals surface area contributed by atoms with Crippen LogP contribution in [-0.4, -0.2) is 25.3 Å². The first-order valence-corrected chi connectivity index (χ1v) is 4.65. The fourth-order valence-electron chi connectivity index (χ4n) is 1.49. The van der Waals surface area contributed by atoms with Gasteiger partial charge in [0.05, 0.1) is 11.6 Å². The lowest BCUT2D eigenvalue weighted by molar-refractivity contribution is -0.138. The molecular formula is C11H12F3NO. The van der Waals surface area contributed by atoms with E-state index in [0.29, 0.717) is 6.29 Å². The predicted octanol–water partition coefficient (Wildman–Crippen LogP) is 2.51. The number of likely N-dealkylation sites (N-methyl/N-ethyl adjacent to an activating group) is 1. The molecule has 0 saturated heterocycles. The van der Waals surface area contributed by atoms with E-state index in [-0.39, 0.29) is 5.56 Å². The lowest BCUT2D eigenvalue weighted by Crippen LogP contribution is -2.24. The van der Waals surface area contributed by atoms with Crippen LogP contribution in [0.1, 0.15) is 17.2 Å². The minimum absolute atomic E-state index is 0.0185. The summed E-state index contributed by atoms with van der Waals surface area (Å²) in [7, 11) is 3.12. The summed E-state index contributed by atoms with van der Waals surface area (Å²) < 4.78 is 38.0. The molecule has 88 valence electrons. The summed E-state index contributed by atoms with van der Waals surface area (Å²) in [6.07, 6.45) is -3.93. The molecule has 1 unspecified atom stereocenters. The molecule has 0 saturated carbocycles. The van der Waals surface area contributed by atoms with Crippen LogP contribution in [0.15, 0.2) is 24.3 Å². The summed E-state index contributed by atoms with van der Waals surface area (Å²) in [5.74, 6) is 0. The zero-order chi connectivity index (χ0) is 12.3. The van der Waals surface area contributed by atoms with E-state index in [4.69, 9.17) is 0 Å². The number of carbonyl (C=O) groups excluding carboxylic acids is 1. The van der Waals surface area contributed by atoms with Crippen molar-refractivity contribution in [1.82, 2.24) is 4.90 Å². The van der Waals surface area contributed by atoms with Crippen LogP contribution in [0.4, 0.5) is 13.2 Å². The van der Waals surface area contributed by atoms with Crippen molar-refractivity contribution in [2.45, 2.75) is 12.2 Å². The summed E-state index contributed by atoms with van der Waals surface area (Å²) in [5, 5.41) is 0. The van der Waals surface area contributed by atoms with Crippen LogP contribution in [0, 0.1) is 0 Å². The number of benzene rings is 1. The van der Waals surface area contributed by atoms with Gasteiger partial charge >= 0.3 is 6.18 Å². The fraction of sp³-hybridized carbons (Fsp3) is 0.364. The molecule has 0 N–H and O–H groups in total. The monoisotopic (exact) mass is 231 g/mol. The molecular weight excluding hydrogens is 219 g/mol. The maximum Gasteiger partial charge on any atom is 0.416 e. The second-order valence-corrected chi connectivity index (χ2v) is 3.63. The Balaban J connectivity index is 3.27. The van der Waals surface area contributed by atoms with Gasteiger partial charge in [0.15, 0.2) is 0 Å². The van der Waals surface area contributed by atoms with Crippen molar-refractivity contribution >= 4 is 6.29 Å². The lowest BCUT2D eigenvalue weighted by Gasteiger charge is -2.22. The molecule has 1 aromatic rings. The first-order valence-electron chi connectivity index (χ1n) is 4.65. The SMILES string of the molecule is CN(C)C(C=O)c1ccccc1C(F)(F)F. The molecule has 1 rings (SSSR count). The van der Waals surface area contributed by atoms with Crippen molar-refractivity contribution in [2.75, 3.05) is 14.1 Å². The van der Waals surface area contributed by atoms with E-state index >= 15 is 0 Å². The van der Waals surface area contributed by atoms with Gasteiger partial charge in [-0.3, -0.25) is 4.90 Å². The summed E-state index contributed by atoms with van der Waals surface area (Å²) in [6, 6.07) is 4.23. The minimum Gasteiger partial charge on any atom is -0.301 e. The Hall–Kier alpha value is -1.36. The molecule has 16 heavy (non-hydrogen) atoms. The van der Waals surface area contributed by atoms with E-state index in [1.54, 1.807) is 14.1 Å². The van der Waals surface area contributed by atoms with Crippen molar-refractivity contribution in [3.63, 3.8) is 0 Å². The Morgan fingerprint density at radius 2 is 1.81 bits per heavy atom. The van der Waals surface area contributed by atoms with Gasteiger partial charge < -0.3 is 4.79 Å². The molecule has 0 bridgehead atoms. The Bertz CT molecular complexity index is 374. The van der Waals surface area contributed by atoms with Crippen molar-refractivity contribution in [1.29, 1.82) is 0 Å². The standard InChI is InChI=1S/C11H12F3NO/c1-15(2)10(7-16)8-5-3-4-6-9(8)11(12,13)14/h3-7,10H,1-2H3. The Kier molecular flexibility index (Phi) is 3.70. The fourth-order valence-corrected chi connectivity index (χ4v) is 1.49. The van der Waals surface area contributed by atoms with E-state index in [2.05, 4.69) is 0 Å². The molecule has 0 spiro atoms. The highest BCUT2D eigenvalue weighted by molar-refractivity contribution is 5.62. The van der Waals surface area contributed by atoms with Crippen molar-refractivity contribution in [3.8, 4) is 0 Å². The quantitative estimate of drug-likeness (QED) is 0.745. The van der Waals surface area contributed by atoms with Crippen molar-refractivity contribution in [2.24, 2.45) is 0 Å². The number of nitrogens with zero attached hydrogens (tertiary/aromatic N) is 1. The van der Waals surface area contributed by atoms with Crippen molar-refractivity contribution in [3.05, 3.63) is 35.4 Å². The summed E-state index contributed by atoms with van der Waals surface area (Å²) in [6.45, 7) is 0. The lowest BCUT2D eigenvalue weighted by atomic mass is 10.00. The number of aldehydes is 1. The zero-order valence-electron chi connectivity index (χ0n) is 8.95. The molecule has 1 aromatic carbocycles. The van der Waals surface area contributed by atoms with Crippen LogP contribution in [-0.2, 0) is 11.0 Å². The summed E-state index contributed by atoms with van der Waals surface area (Å²) >= 11 is 0. The van der Waals surface area contributed by atoms with Crippen LogP contribution in [0.2, 0.25) is 0 Å². The Morgan fingerprint density at radius 1 is 1.25 bits per heavy atom. The number of rotatable bonds is 3. The highest BCUT2D eigenvalue weighted by Gasteiger charge is 2.35. The van der Waals surface area contributed by atoms with Crippen LogP contribution < -0.4 is 0 Å². The van der Waals surface area contributed by atoms with Gasteiger partial charge in [-0.15, -0.1) is 0 Å². The molecule has 1 atom stereocenters. The topological polar surface area (TPSA) is 20.3 Å². The number of alkyl halides is 3. The Labute approximate surface area is 91.7 Å². The first kappa shape index (κ1) is 12.7. The van der Waals surface area contributed by atoms with Gasteiger partial charge in [-0.2, -0.15) is 13.2 Å². The van der Waals surface area contributed by atoms with Gasteiger partial charge in [-0.1, -0.05) is 18.2 Å². The number of halogens is 3. The minimum atomic E-state index is -4.44. The van der Waals surface area contributed by atoms with E-state index in [0.717, 1.165) is 6.07 Å². The van der Waals surface area contributed by atoms with E-state index in [9.17, 15) is 18.0 Å². The third-order valence-electron chi connectivity index (χ3n) is 2.27. The first-order chi connectivity index (χ1) is 7.38. The number of hydrogen-bond acceptors (Lipinski definition) is 2. The van der Waals surface area contributed by atoms with Crippen LogP contribution in [0.25, 0.3) is 0 Å². The van der Waals surface area contributed by atoms with Crippen molar-refractivity contribution < 1.29 is 18.0 Å². The van der Waals surface area contributed by atoms with Gasteiger partial charge in [0.1, 0.15) is 6.29 Å². The molecule has 0 aliphatic rings. The average Bonchev–Trinajstić information content (AvgIpc) is 2.17. The van der Waals surface area contributed by atoms with Gasteiger partial charge in [-0.25, -0.2) is 0 Å². The molecule has 0 radical (unpaired) electrons. The second-order valence-electron chi connectivity index (χ2n) is 3.63. The van der Waals surface area contributed by atoms with Crippen LogP contribution >= 0.6 is 0 Å².